The smallest absolute Gasteiger partial charge is 0.338 e. The highest BCUT2D eigenvalue weighted by Crippen LogP contribution is 2.37. The van der Waals surface area contributed by atoms with E-state index in [1.165, 1.54) is 0 Å². The number of aromatic nitrogens is 8. The summed E-state index contributed by atoms with van der Waals surface area (Å²) in [6.45, 7) is 1.95. The third-order valence-corrected chi connectivity index (χ3v) is 5.01. The molecule has 3 heterocycles. The van der Waals surface area contributed by atoms with E-state index in [9.17, 15) is 4.79 Å². The van der Waals surface area contributed by atoms with E-state index in [0.717, 1.165) is 16.3 Å². The van der Waals surface area contributed by atoms with E-state index < -0.39 is 12.0 Å². The monoisotopic (exact) mass is 403 g/mol. The van der Waals surface area contributed by atoms with Crippen LogP contribution in [-0.2, 0) is 16.0 Å². The third kappa shape index (κ3) is 3.05. The number of hydrogen-bond acceptors (Lipinski definition) is 9. The zero-order valence-electron chi connectivity index (χ0n) is 16.0. The minimum Gasteiger partial charge on any atom is -0.462 e. The van der Waals surface area contributed by atoms with Gasteiger partial charge in [-0.1, -0.05) is 47.6 Å². The van der Waals surface area contributed by atoms with Crippen LogP contribution in [0.5, 0.6) is 0 Å². The van der Waals surface area contributed by atoms with Gasteiger partial charge in [0.1, 0.15) is 6.04 Å². The number of ether oxygens (including phenoxy) is 1. The van der Waals surface area contributed by atoms with Gasteiger partial charge in [0.05, 0.1) is 12.2 Å². The normalized spacial score (nSPS) is 15.7. The number of anilines is 1. The van der Waals surface area contributed by atoms with Crippen LogP contribution in [0.15, 0.2) is 53.7 Å². The number of benzene rings is 2. The van der Waals surface area contributed by atoms with Gasteiger partial charge in [0.25, 0.3) is 0 Å². The molecule has 0 saturated carbocycles. The number of fused-ring (bicyclic) bond motifs is 2. The molecule has 150 valence electrons. The van der Waals surface area contributed by atoms with Crippen molar-refractivity contribution in [1.29, 1.82) is 0 Å². The first-order valence-corrected chi connectivity index (χ1v) is 9.35. The average Bonchev–Trinajstić information content (AvgIpc) is 3.44. The van der Waals surface area contributed by atoms with Crippen LogP contribution in [0.3, 0.4) is 0 Å². The molecule has 11 nitrogen and oxygen atoms in total. The van der Waals surface area contributed by atoms with Gasteiger partial charge in [-0.25, -0.2) is 9.89 Å². The standard InChI is InChI=1S/C19H17N9O2/c1-11-16(18(29)30-10-9-15-21-24-25-22-15)17(28-19(20-11)23-26-27-28)14-8-4-6-12-5-2-3-7-13(12)14/h2-8,17H,9-10H2,1H3,(H,20,23,27)(H,21,22,24,25). The highest BCUT2D eigenvalue weighted by molar-refractivity contribution is 5.95. The predicted octanol–water partition coefficient (Wildman–Crippen LogP) is 1.41. The molecular weight excluding hydrogens is 386 g/mol. The SMILES string of the molecule is CC1=C(C(=O)OCCc2nnn[nH]2)C(c2cccc3ccccc23)n2nnnc2N1. The largest absolute Gasteiger partial charge is 0.462 e. The van der Waals surface area contributed by atoms with Crippen molar-refractivity contribution in [2.75, 3.05) is 11.9 Å². The summed E-state index contributed by atoms with van der Waals surface area (Å²) < 4.78 is 7.15. The molecule has 30 heavy (non-hydrogen) atoms. The Balaban J connectivity index is 1.53. The van der Waals surface area contributed by atoms with E-state index in [-0.39, 0.29) is 6.61 Å². The van der Waals surface area contributed by atoms with Gasteiger partial charge in [0.15, 0.2) is 5.82 Å². The maximum Gasteiger partial charge on any atom is 0.338 e. The Hall–Kier alpha value is -4.15. The van der Waals surface area contributed by atoms with Crippen LogP contribution in [0.2, 0.25) is 0 Å². The molecule has 1 aliphatic rings. The van der Waals surface area contributed by atoms with E-state index in [2.05, 4.69) is 41.5 Å². The Labute approximate surface area is 170 Å². The van der Waals surface area contributed by atoms with Crippen molar-refractivity contribution in [3.63, 3.8) is 0 Å². The van der Waals surface area contributed by atoms with E-state index in [4.69, 9.17) is 4.74 Å². The summed E-state index contributed by atoms with van der Waals surface area (Å²) in [7, 11) is 0. The number of allylic oxidation sites excluding steroid dienone is 1. The van der Waals surface area contributed by atoms with E-state index in [0.29, 0.717) is 29.5 Å². The highest BCUT2D eigenvalue weighted by Gasteiger charge is 2.35. The first-order valence-electron chi connectivity index (χ1n) is 9.35. The topological polar surface area (TPSA) is 136 Å². The lowest BCUT2D eigenvalue weighted by molar-refractivity contribution is -0.139. The fourth-order valence-corrected chi connectivity index (χ4v) is 3.66. The van der Waals surface area contributed by atoms with E-state index >= 15 is 0 Å². The second-order valence-corrected chi connectivity index (χ2v) is 6.82. The number of nitrogens with zero attached hydrogens (tertiary/aromatic N) is 7. The molecule has 2 aromatic heterocycles. The van der Waals surface area contributed by atoms with Gasteiger partial charge in [0.2, 0.25) is 5.95 Å². The number of hydrogen-bond donors (Lipinski definition) is 2. The number of rotatable bonds is 5. The Morgan fingerprint density at radius 1 is 1.13 bits per heavy atom. The average molecular weight is 403 g/mol. The lowest BCUT2D eigenvalue weighted by Gasteiger charge is -2.28. The van der Waals surface area contributed by atoms with Gasteiger partial charge >= 0.3 is 5.97 Å². The number of carbonyl (C=O) groups is 1. The lowest BCUT2D eigenvalue weighted by atomic mass is 9.91. The number of aromatic amines is 1. The van der Waals surface area contributed by atoms with Gasteiger partial charge in [-0.05, 0) is 44.1 Å². The molecule has 0 amide bonds. The van der Waals surface area contributed by atoms with Crippen LogP contribution in [0.4, 0.5) is 5.95 Å². The molecule has 1 atom stereocenters. The summed E-state index contributed by atoms with van der Waals surface area (Å²) >= 11 is 0. The molecule has 1 aliphatic heterocycles. The first-order chi connectivity index (χ1) is 14.7. The molecule has 0 spiro atoms. The second kappa shape index (κ2) is 7.35. The molecule has 2 aromatic carbocycles. The van der Waals surface area contributed by atoms with E-state index in [1.807, 2.05) is 49.4 Å². The quantitative estimate of drug-likeness (QED) is 0.474. The third-order valence-electron chi connectivity index (χ3n) is 5.01. The molecule has 2 N–H and O–H groups in total. The Bertz CT molecular complexity index is 1240. The van der Waals surface area contributed by atoms with Crippen LogP contribution in [0.25, 0.3) is 10.8 Å². The zero-order valence-corrected chi connectivity index (χ0v) is 16.0. The summed E-state index contributed by atoms with van der Waals surface area (Å²) in [6.07, 6.45) is 0.383. The van der Waals surface area contributed by atoms with Gasteiger partial charge in [-0.3, -0.25) is 0 Å². The summed E-state index contributed by atoms with van der Waals surface area (Å²) in [5.41, 5.74) is 2.00. The molecule has 1 unspecified atom stereocenters. The van der Waals surface area contributed by atoms with Crippen LogP contribution in [-0.4, -0.2) is 53.4 Å². The molecular formula is C19H17N9O2. The van der Waals surface area contributed by atoms with Crippen molar-refractivity contribution in [2.24, 2.45) is 0 Å². The van der Waals surface area contributed by atoms with Crippen LogP contribution in [0.1, 0.15) is 24.4 Å². The Morgan fingerprint density at radius 3 is 2.87 bits per heavy atom. The van der Waals surface area contributed by atoms with Crippen LogP contribution >= 0.6 is 0 Å². The van der Waals surface area contributed by atoms with Crippen LogP contribution in [0, 0.1) is 0 Å². The van der Waals surface area contributed by atoms with Gasteiger partial charge in [0, 0.05) is 12.1 Å². The maximum absolute atomic E-state index is 13.1. The number of H-pyrrole nitrogens is 1. The van der Waals surface area contributed by atoms with Crippen molar-refractivity contribution < 1.29 is 9.53 Å². The molecule has 0 radical (unpaired) electrons. The Kier molecular flexibility index (Phi) is 4.39. The summed E-state index contributed by atoms with van der Waals surface area (Å²) in [5.74, 6) is 0.560. The minimum absolute atomic E-state index is 0.136. The van der Waals surface area contributed by atoms with Crippen molar-refractivity contribution in [3.05, 3.63) is 65.1 Å². The molecule has 11 heteroatoms. The highest BCUT2D eigenvalue weighted by atomic mass is 16.5. The molecule has 0 fully saturated rings. The zero-order chi connectivity index (χ0) is 20.5. The van der Waals surface area contributed by atoms with Gasteiger partial charge < -0.3 is 10.1 Å². The predicted molar refractivity (Wildman–Crippen MR) is 105 cm³/mol. The number of carbonyl (C=O) groups excluding carboxylic acids is 1. The molecule has 0 saturated heterocycles. The summed E-state index contributed by atoms with van der Waals surface area (Å²) in [5, 5.41) is 30.6. The fourth-order valence-electron chi connectivity index (χ4n) is 3.66. The van der Waals surface area contributed by atoms with Gasteiger partial charge in [-0.15, -0.1) is 5.10 Å². The summed E-state index contributed by atoms with van der Waals surface area (Å²) in [6, 6.07) is 13.4. The Morgan fingerprint density at radius 2 is 2.00 bits per heavy atom. The van der Waals surface area contributed by atoms with Crippen molar-refractivity contribution in [2.45, 2.75) is 19.4 Å². The molecule has 5 rings (SSSR count). The molecule has 0 aliphatic carbocycles. The van der Waals surface area contributed by atoms with Crippen molar-refractivity contribution >= 4 is 22.7 Å². The lowest BCUT2D eigenvalue weighted by Crippen LogP contribution is -2.30. The number of esters is 1. The second-order valence-electron chi connectivity index (χ2n) is 6.82. The van der Waals surface area contributed by atoms with E-state index in [1.54, 1.807) is 4.68 Å². The van der Waals surface area contributed by atoms with Crippen molar-refractivity contribution in [3.8, 4) is 0 Å². The molecule has 4 aromatic rings. The van der Waals surface area contributed by atoms with Crippen molar-refractivity contribution in [1.82, 2.24) is 40.8 Å². The maximum atomic E-state index is 13.1. The first kappa shape index (κ1) is 17.9. The van der Waals surface area contributed by atoms with Gasteiger partial charge in [-0.2, -0.15) is 4.68 Å². The molecule has 0 bridgehead atoms. The fraction of sp³-hybridized carbons (Fsp3) is 0.211. The van der Waals surface area contributed by atoms with Crippen LogP contribution < -0.4 is 5.32 Å². The number of nitrogens with one attached hydrogen (secondary N) is 2. The number of tetrazole rings is 2. The minimum atomic E-state index is -0.526. The summed E-state index contributed by atoms with van der Waals surface area (Å²) in [4.78, 5) is 13.1.